The van der Waals surface area contributed by atoms with Crippen LogP contribution in [0.25, 0.3) is 5.69 Å². The maximum Gasteiger partial charge on any atom is 0.324 e. The Morgan fingerprint density at radius 3 is 2.47 bits per heavy atom. The molecule has 0 spiro atoms. The molecule has 3 amide bonds. The van der Waals surface area contributed by atoms with Crippen LogP contribution in [0.2, 0.25) is 10.0 Å². The van der Waals surface area contributed by atoms with Gasteiger partial charge in [-0.05, 0) is 75.0 Å². The summed E-state index contributed by atoms with van der Waals surface area (Å²) in [5.74, 6) is 3.91. The number of ether oxygens (including phenoxy) is 1. The van der Waals surface area contributed by atoms with Crippen molar-refractivity contribution in [1.82, 2.24) is 30.0 Å². The number of likely N-dealkylation sites (N-methyl/N-ethyl adjacent to an activating group) is 1. The fourth-order valence-electron chi connectivity index (χ4n) is 4.95. The van der Waals surface area contributed by atoms with E-state index >= 15 is 0 Å². The first kappa shape index (κ1) is 36.9. The molecule has 0 saturated carbocycles. The van der Waals surface area contributed by atoms with Gasteiger partial charge in [0.05, 0.1) is 22.1 Å². The van der Waals surface area contributed by atoms with Crippen LogP contribution in [0.4, 0.5) is 16.3 Å². The van der Waals surface area contributed by atoms with Crippen molar-refractivity contribution in [3.8, 4) is 29.7 Å². The molecule has 0 unspecified atom stereocenters. The van der Waals surface area contributed by atoms with Gasteiger partial charge < -0.3 is 20.3 Å². The maximum absolute atomic E-state index is 13.1. The lowest BCUT2D eigenvalue weighted by atomic mass is 10.0. The number of aryl methyl sites for hydroxylation is 1. The molecule has 0 aliphatic heterocycles. The lowest BCUT2D eigenvalue weighted by Crippen LogP contribution is -2.31. The van der Waals surface area contributed by atoms with Crippen molar-refractivity contribution in [2.45, 2.75) is 33.1 Å². The van der Waals surface area contributed by atoms with E-state index < -0.39 is 6.03 Å². The number of carbonyl (C=O) groups is 2. The number of hydrogen-bond acceptors (Lipinski definition) is 7. The van der Waals surface area contributed by atoms with Gasteiger partial charge in [-0.2, -0.15) is 10.1 Å². The summed E-state index contributed by atoms with van der Waals surface area (Å²) < 4.78 is 7.67. The number of nitrogens with one attached hydrogen (secondary N) is 3. The van der Waals surface area contributed by atoms with Gasteiger partial charge in [0, 0.05) is 49.0 Å². The SMILES string of the molecule is C#Cc1cc(Cc2nccc(Oc3ccc(NC(=O)Nc4cc(C(C)C)nn4-c4ccc(C)cc4)c(Cl)c3Cl)n2)cc(C(=O)NCCN(C)C)c1. The Labute approximate surface area is 307 Å². The molecule has 3 N–H and O–H groups in total. The van der Waals surface area contributed by atoms with E-state index in [-0.39, 0.29) is 39.2 Å². The number of aromatic nitrogens is 4. The Kier molecular flexibility index (Phi) is 11.9. The first-order valence-corrected chi connectivity index (χ1v) is 16.9. The van der Waals surface area contributed by atoms with Crippen LogP contribution < -0.4 is 20.7 Å². The molecule has 13 heteroatoms. The summed E-state index contributed by atoms with van der Waals surface area (Å²) in [7, 11) is 3.87. The lowest BCUT2D eigenvalue weighted by Gasteiger charge is -2.14. The number of carbonyl (C=O) groups excluding carboxylic acids is 2. The Hall–Kier alpha value is -5.41. The van der Waals surface area contributed by atoms with Crippen molar-refractivity contribution in [1.29, 1.82) is 0 Å². The van der Waals surface area contributed by atoms with Gasteiger partial charge in [0.15, 0.2) is 0 Å². The van der Waals surface area contributed by atoms with Crippen molar-refractivity contribution in [2.24, 2.45) is 0 Å². The van der Waals surface area contributed by atoms with E-state index in [0.29, 0.717) is 42.3 Å². The summed E-state index contributed by atoms with van der Waals surface area (Å²) in [5.41, 5.74) is 4.80. The summed E-state index contributed by atoms with van der Waals surface area (Å²) in [6.07, 6.45) is 7.52. The zero-order valence-corrected chi connectivity index (χ0v) is 30.4. The monoisotopic (exact) mass is 724 g/mol. The molecular formula is C38H38Cl2N8O3. The fraction of sp³-hybridized carbons (Fsp3) is 0.237. The zero-order valence-electron chi connectivity index (χ0n) is 28.9. The Balaban J connectivity index is 1.27. The van der Waals surface area contributed by atoms with Crippen LogP contribution >= 0.6 is 23.2 Å². The molecule has 2 aromatic heterocycles. The third-order valence-corrected chi connectivity index (χ3v) is 8.52. The minimum Gasteiger partial charge on any atom is -0.437 e. The van der Waals surface area contributed by atoms with Crippen LogP contribution in [0, 0.1) is 19.3 Å². The van der Waals surface area contributed by atoms with E-state index in [0.717, 1.165) is 22.5 Å². The highest BCUT2D eigenvalue weighted by atomic mass is 35.5. The van der Waals surface area contributed by atoms with E-state index in [1.165, 1.54) is 0 Å². The number of benzene rings is 3. The average Bonchev–Trinajstić information content (AvgIpc) is 3.52. The minimum absolute atomic E-state index is 0.0769. The van der Waals surface area contributed by atoms with Gasteiger partial charge >= 0.3 is 6.03 Å². The number of nitrogens with zero attached hydrogens (tertiary/aromatic N) is 5. The molecule has 262 valence electrons. The molecule has 0 atom stereocenters. The third kappa shape index (κ3) is 9.64. The predicted molar refractivity (Wildman–Crippen MR) is 202 cm³/mol. The average molecular weight is 726 g/mol. The highest BCUT2D eigenvalue weighted by Crippen LogP contribution is 2.39. The van der Waals surface area contributed by atoms with Crippen molar-refractivity contribution in [2.75, 3.05) is 37.8 Å². The summed E-state index contributed by atoms with van der Waals surface area (Å²) >= 11 is 13.2. The molecule has 0 aliphatic rings. The molecule has 0 saturated heterocycles. The van der Waals surface area contributed by atoms with E-state index in [9.17, 15) is 9.59 Å². The molecule has 11 nitrogen and oxygen atoms in total. The molecule has 0 bridgehead atoms. The van der Waals surface area contributed by atoms with Crippen LogP contribution in [-0.4, -0.2) is 63.8 Å². The van der Waals surface area contributed by atoms with Gasteiger partial charge in [-0.1, -0.05) is 60.7 Å². The molecule has 0 radical (unpaired) electrons. The summed E-state index contributed by atoms with van der Waals surface area (Å²) in [5, 5.41) is 13.4. The second-order valence-electron chi connectivity index (χ2n) is 12.4. The smallest absolute Gasteiger partial charge is 0.324 e. The first-order valence-electron chi connectivity index (χ1n) is 16.2. The molecular weight excluding hydrogens is 687 g/mol. The highest BCUT2D eigenvalue weighted by Gasteiger charge is 2.18. The number of urea groups is 1. The standard InChI is InChI=1S/C38H38Cl2N8O3/c1-7-25-18-26(20-27(19-25)37(49)42-16-17-47(5)6)21-32-41-15-14-34(44-32)51-31-13-12-29(35(39)36(31)40)43-38(50)45-33-22-30(23(2)3)46-48(33)28-10-8-24(4)9-11-28/h1,8-15,18-20,22-23H,16-17,21H2,2-6H3,(H,42,49)(H2,43,45,50). The summed E-state index contributed by atoms with van der Waals surface area (Å²) in [4.78, 5) is 36.8. The molecule has 5 aromatic rings. The van der Waals surface area contributed by atoms with Crippen LogP contribution in [0.5, 0.6) is 11.6 Å². The van der Waals surface area contributed by atoms with Gasteiger partial charge in [-0.25, -0.2) is 14.5 Å². The van der Waals surface area contributed by atoms with Crippen LogP contribution in [0.1, 0.15) is 58.3 Å². The van der Waals surface area contributed by atoms with Gasteiger partial charge in [0.2, 0.25) is 5.88 Å². The van der Waals surface area contributed by atoms with Crippen LogP contribution in [0.3, 0.4) is 0 Å². The molecule has 0 aliphatic carbocycles. The third-order valence-electron chi connectivity index (χ3n) is 7.66. The Morgan fingerprint density at radius 2 is 1.76 bits per heavy atom. The Bertz CT molecular complexity index is 2090. The maximum atomic E-state index is 13.1. The second-order valence-corrected chi connectivity index (χ2v) is 13.1. The molecule has 0 fully saturated rings. The van der Waals surface area contributed by atoms with Crippen molar-refractivity contribution < 1.29 is 14.3 Å². The van der Waals surface area contributed by atoms with Crippen molar-refractivity contribution in [3.63, 3.8) is 0 Å². The summed E-state index contributed by atoms with van der Waals surface area (Å²) in [6, 6.07) is 19.1. The van der Waals surface area contributed by atoms with Crippen LogP contribution in [-0.2, 0) is 6.42 Å². The molecule has 3 aromatic carbocycles. The van der Waals surface area contributed by atoms with Gasteiger partial charge in [0.1, 0.15) is 22.4 Å². The van der Waals surface area contributed by atoms with Crippen LogP contribution in [0.15, 0.2) is 72.9 Å². The first-order chi connectivity index (χ1) is 24.4. The van der Waals surface area contributed by atoms with Crippen molar-refractivity contribution in [3.05, 3.63) is 117 Å². The number of terminal acetylenes is 1. The Morgan fingerprint density at radius 1 is 1.00 bits per heavy atom. The number of anilines is 2. The topological polar surface area (TPSA) is 126 Å². The van der Waals surface area contributed by atoms with E-state index in [1.807, 2.05) is 76.2 Å². The van der Waals surface area contributed by atoms with Gasteiger partial charge in [0.25, 0.3) is 5.91 Å². The zero-order chi connectivity index (χ0) is 36.7. The quantitative estimate of drug-likeness (QED) is 0.113. The molecule has 51 heavy (non-hydrogen) atoms. The molecule has 2 heterocycles. The molecule has 5 rings (SSSR count). The fourth-order valence-corrected chi connectivity index (χ4v) is 5.36. The number of amides is 3. The summed E-state index contributed by atoms with van der Waals surface area (Å²) in [6.45, 7) is 7.28. The minimum atomic E-state index is -0.534. The number of hydrogen-bond donors (Lipinski definition) is 3. The number of halogens is 2. The van der Waals surface area contributed by atoms with Gasteiger partial charge in [-0.3, -0.25) is 10.1 Å². The lowest BCUT2D eigenvalue weighted by molar-refractivity contribution is 0.0951. The largest absolute Gasteiger partial charge is 0.437 e. The predicted octanol–water partition coefficient (Wildman–Crippen LogP) is 7.70. The second kappa shape index (κ2) is 16.5. The number of rotatable bonds is 12. The van der Waals surface area contributed by atoms with Gasteiger partial charge in [-0.15, -0.1) is 6.42 Å². The van der Waals surface area contributed by atoms with E-state index in [4.69, 9.17) is 39.5 Å². The normalized spacial score (nSPS) is 11.0. The van der Waals surface area contributed by atoms with E-state index in [2.05, 4.69) is 31.8 Å². The van der Waals surface area contributed by atoms with Crippen molar-refractivity contribution >= 4 is 46.6 Å². The van der Waals surface area contributed by atoms with E-state index in [1.54, 1.807) is 41.2 Å². The highest BCUT2D eigenvalue weighted by molar-refractivity contribution is 6.45.